The van der Waals surface area contributed by atoms with Crippen molar-refractivity contribution in [2.45, 2.75) is 26.1 Å². The number of amides is 3. The maximum atomic E-state index is 12.1. The van der Waals surface area contributed by atoms with Crippen LogP contribution in [0.15, 0.2) is 24.3 Å². The molecule has 1 saturated heterocycles. The summed E-state index contributed by atoms with van der Waals surface area (Å²) in [6.07, 6.45) is -1.97. The molecule has 1 aromatic carbocycles. The molecule has 8 nitrogen and oxygen atoms in total. The third-order valence-electron chi connectivity index (χ3n) is 3.47. The summed E-state index contributed by atoms with van der Waals surface area (Å²) in [6, 6.07) is 6.24. The van der Waals surface area contributed by atoms with Gasteiger partial charge in [-0.3, -0.25) is 9.69 Å². The fourth-order valence-electron chi connectivity index (χ4n) is 2.13. The van der Waals surface area contributed by atoms with Crippen LogP contribution in [-0.2, 0) is 14.3 Å². The molecule has 0 spiro atoms. The highest BCUT2D eigenvalue weighted by molar-refractivity contribution is 5.98. The average molecular weight is 336 g/mol. The molecule has 1 heterocycles. The van der Waals surface area contributed by atoms with Crippen molar-refractivity contribution in [2.75, 3.05) is 20.2 Å². The van der Waals surface area contributed by atoms with Gasteiger partial charge in [0.1, 0.15) is 11.5 Å². The molecule has 2 atom stereocenters. The number of hydrogen-bond acceptors (Lipinski definition) is 6. The number of benzene rings is 1. The van der Waals surface area contributed by atoms with Gasteiger partial charge in [0.15, 0.2) is 12.2 Å². The highest BCUT2D eigenvalue weighted by Crippen LogP contribution is 2.18. The van der Waals surface area contributed by atoms with Crippen LogP contribution >= 0.6 is 0 Å². The Bertz CT molecular complexity index is 615. The van der Waals surface area contributed by atoms with Crippen LogP contribution in [0.3, 0.4) is 0 Å². The van der Waals surface area contributed by atoms with Gasteiger partial charge in [-0.2, -0.15) is 0 Å². The van der Waals surface area contributed by atoms with E-state index in [1.54, 1.807) is 31.4 Å². The number of methoxy groups -OCH3 is 1. The van der Waals surface area contributed by atoms with Crippen LogP contribution in [0, 0.1) is 0 Å². The summed E-state index contributed by atoms with van der Waals surface area (Å²) in [6.45, 7) is 3.60. The van der Waals surface area contributed by atoms with Gasteiger partial charge in [-0.1, -0.05) is 0 Å². The third kappa shape index (κ3) is 4.15. The number of carbonyl (C=O) groups excluding carboxylic acids is 3. The van der Waals surface area contributed by atoms with Gasteiger partial charge in [0.05, 0.1) is 7.11 Å². The predicted molar refractivity (Wildman–Crippen MR) is 83.7 cm³/mol. The van der Waals surface area contributed by atoms with Crippen LogP contribution < -0.4 is 14.8 Å². The molecule has 1 fully saturated rings. The van der Waals surface area contributed by atoms with Crippen LogP contribution in [0.4, 0.5) is 4.79 Å². The second-order valence-corrected chi connectivity index (χ2v) is 5.24. The van der Waals surface area contributed by atoms with Gasteiger partial charge in [0.25, 0.3) is 5.91 Å². The summed E-state index contributed by atoms with van der Waals surface area (Å²) >= 11 is 0. The zero-order valence-electron chi connectivity index (χ0n) is 13.8. The molecule has 0 bridgehead atoms. The Morgan fingerprint density at radius 2 is 1.75 bits per heavy atom. The van der Waals surface area contributed by atoms with Crippen LogP contribution in [0.1, 0.15) is 13.8 Å². The second-order valence-electron chi connectivity index (χ2n) is 5.24. The van der Waals surface area contributed by atoms with Crippen molar-refractivity contribution in [1.29, 1.82) is 0 Å². The number of nitrogens with zero attached hydrogens (tertiary/aromatic N) is 1. The summed E-state index contributed by atoms with van der Waals surface area (Å²) in [4.78, 5) is 36.6. The molecule has 3 amide bonds. The average Bonchev–Trinajstić information content (AvgIpc) is 3.00. The van der Waals surface area contributed by atoms with Gasteiger partial charge in [0, 0.05) is 13.1 Å². The third-order valence-corrected chi connectivity index (χ3v) is 3.47. The van der Waals surface area contributed by atoms with E-state index in [1.807, 2.05) is 0 Å². The smallest absolute Gasteiger partial charge is 0.347 e. The zero-order chi connectivity index (χ0) is 17.7. The lowest BCUT2D eigenvalue weighted by Crippen LogP contribution is -2.43. The molecule has 0 unspecified atom stereocenters. The minimum Gasteiger partial charge on any atom is -0.497 e. The number of esters is 1. The minimum absolute atomic E-state index is 0.261. The van der Waals surface area contributed by atoms with E-state index in [2.05, 4.69) is 5.32 Å². The largest absolute Gasteiger partial charge is 0.497 e. The monoisotopic (exact) mass is 336 g/mol. The fraction of sp³-hybridized carbons (Fsp3) is 0.438. The first-order chi connectivity index (χ1) is 11.4. The molecule has 0 radical (unpaired) electrons. The van der Waals surface area contributed by atoms with E-state index in [1.165, 1.54) is 13.8 Å². The van der Waals surface area contributed by atoms with Gasteiger partial charge < -0.3 is 19.5 Å². The Morgan fingerprint density at radius 3 is 2.29 bits per heavy atom. The van der Waals surface area contributed by atoms with E-state index in [9.17, 15) is 14.4 Å². The molecule has 1 aromatic rings. The SMILES string of the molecule is COc1ccc(O[C@H](C)C(=O)O[C@H](C)C(=O)N2CCNC2=O)cc1. The highest BCUT2D eigenvalue weighted by atomic mass is 16.6. The summed E-state index contributed by atoms with van der Waals surface area (Å²) in [5, 5.41) is 2.51. The van der Waals surface area contributed by atoms with Crippen molar-refractivity contribution >= 4 is 17.9 Å². The Morgan fingerprint density at radius 1 is 1.12 bits per heavy atom. The Balaban J connectivity index is 1.88. The minimum atomic E-state index is -1.07. The first-order valence-electron chi connectivity index (χ1n) is 7.52. The summed E-state index contributed by atoms with van der Waals surface area (Å²) in [5.74, 6) is -0.111. The zero-order valence-corrected chi connectivity index (χ0v) is 13.8. The first-order valence-corrected chi connectivity index (χ1v) is 7.52. The normalized spacial score (nSPS) is 16.1. The number of rotatable bonds is 6. The van der Waals surface area contributed by atoms with Crippen molar-refractivity contribution in [3.05, 3.63) is 24.3 Å². The quantitative estimate of drug-likeness (QED) is 0.777. The summed E-state index contributed by atoms with van der Waals surface area (Å²) in [7, 11) is 1.55. The topological polar surface area (TPSA) is 94.2 Å². The van der Waals surface area contributed by atoms with Crippen LogP contribution in [-0.4, -0.2) is 55.2 Å². The maximum absolute atomic E-state index is 12.1. The van der Waals surface area contributed by atoms with Gasteiger partial charge >= 0.3 is 12.0 Å². The number of nitrogens with one attached hydrogen (secondary N) is 1. The lowest BCUT2D eigenvalue weighted by atomic mass is 10.3. The van der Waals surface area contributed by atoms with Crippen LogP contribution in [0.2, 0.25) is 0 Å². The molecular weight excluding hydrogens is 316 g/mol. The molecule has 2 rings (SSSR count). The van der Waals surface area contributed by atoms with E-state index < -0.39 is 30.1 Å². The number of hydrogen-bond donors (Lipinski definition) is 1. The van der Waals surface area contributed by atoms with Gasteiger partial charge in [0.2, 0.25) is 0 Å². The highest BCUT2D eigenvalue weighted by Gasteiger charge is 2.32. The molecule has 8 heteroatoms. The van der Waals surface area contributed by atoms with Crippen molar-refractivity contribution in [1.82, 2.24) is 10.2 Å². The van der Waals surface area contributed by atoms with Crippen molar-refractivity contribution in [3.63, 3.8) is 0 Å². The van der Waals surface area contributed by atoms with E-state index in [0.29, 0.717) is 18.0 Å². The molecular formula is C16H20N2O6. The second kappa shape index (κ2) is 7.67. The standard InChI is InChI=1S/C16H20N2O6/c1-10(14(19)18-9-8-17-16(18)21)24-15(20)11(2)23-13-6-4-12(22-3)5-7-13/h4-7,10-11H,8-9H2,1-3H3,(H,17,21)/t10-,11-/m1/s1. The number of carbonyl (C=O) groups is 3. The maximum Gasteiger partial charge on any atom is 0.347 e. The van der Waals surface area contributed by atoms with E-state index in [-0.39, 0.29) is 6.54 Å². The van der Waals surface area contributed by atoms with Gasteiger partial charge in [-0.25, -0.2) is 9.59 Å². The predicted octanol–water partition coefficient (Wildman–Crippen LogP) is 0.946. The lowest BCUT2D eigenvalue weighted by Gasteiger charge is -2.20. The van der Waals surface area contributed by atoms with Gasteiger partial charge in [-0.15, -0.1) is 0 Å². The molecule has 1 N–H and O–H groups in total. The molecule has 0 aromatic heterocycles. The van der Waals surface area contributed by atoms with Crippen molar-refractivity contribution < 1.29 is 28.6 Å². The number of urea groups is 1. The molecule has 1 aliphatic heterocycles. The number of ether oxygens (including phenoxy) is 3. The molecule has 130 valence electrons. The summed E-state index contributed by atoms with van der Waals surface area (Å²) in [5.41, 5.74) is 0. The van der Waals surface area contributed by atoms with Crippen LogP contribution in [0.5, 0.6) is 11.5 Å². The number of imide groups is 1. The lowest BCUT2D eigenvalue weighted by molar-refractivity contribution is -0.163. The Hall–Kier alpha value is -2.77. The molecule has 0 aliphatic carbocycles. The Labute approximate surface area is 139 Å². The van der Waals surface area contributed by atoms with E-state index in [0.717, 1.165) is 4.90 Å². The van der Waals surface area contributed by atoms with E-state index in [4.69, 9.17) is 14.2 Å². The first kappa shape index (κ1) is 17.6. The summed E-state index contributed by atoms with van der Waals surface area (Å²) < 4.78 is 15.6. The fourth-order valence-corrected chi connectivity index (χ4v) is 2.13. The molecule has 24 heavy (non-hydrogen) atoms. The van der Waals surface area contributed by atoms with Crippen molar-refractivity contribution in [3.8, 4) is 11.5 Å². The van der Waals surface area contributed by atoms with Gasteiger partial charge in [-0.05, 0) is 38.1 Å². The molecule has 1 aliphatic rings. The van der Waals surface area contributed by atoms with Crippen LogP contribution in [0.25, 0.3) is 0 Å². The Kier molecular flexibility index (Phi) is 5.62. The van der Waals surface area contributed by atoms with Crippen molar-refractivity contribution in [2.24, 2.45) is 0 Å². The molecule has 0 saturated carbocycles. The van der Waals surface area contributed by atoms with E-state index >= 15 is 0 Å².